The topological polar surface area (TPSA) is 46.5 Å². The van der Waals surface area contributed by atoms with Gasteiger partial charge in [0.05, 0.1) is 12.0 Å². The highest BCUT2D eigenvalue weighted by atomic mass is 16.5. The maximum absolute atomic E-state index is 11.5. The van der Waals surface area contributed by atoms with E-state index in [-0.39, 0.29) is 0 Å². The van der Waals surface area contributed by atoms with Gasteiger partial charge in [0.15, 0.2) is 0 Å². The zero-order valence-electron chi connectivity index (χ0n) is 11.5. The van der Waals surface area contributed by atoms with Gasteiger partial charge in [0.1, 0.15) is 5.75 Å². The molecule has 0 heterocycles. The van der Waals surface area contributed by atoms with Gasteiger partial charge in [-0.05, 0) is 43.4 Å². The van der Waals surface area contributed by atoms with Gasteiger partial charge in [-0.1, -0.05) is 31.9 Å². The number of hydrogen-bond donors (Lipinski definition) is 1. The van der Waals surface area contributed by atoms with E-state index < -0.39 is 11.4 Å². The van der Waals surface area contributed by atoms with Gasteiger partial charge < -0.3 is 9.84 Å². The fraction of sp³-hybridized carbons (Fsp3) is 0.562. The number of benzene rings is 1. The average molecular weight is 262 g/mol. The molecular weight excluding hydrogens is 240 g/mol. The number of rotatable bonds is 6. The molecule has 0 aliphatic heterocycles. The number of carboxylic acids is 1. The molecule has 0 saturated heterocycles. The quantitative estimate of drug-likeness (QED) is 0.851. The molecule has 1 N–H and O–H groups in total. The Kier molecular flexibility index (Phi) is 4.46. The van der Waals surface area contributed by atoms with Crippen molar-refractivity contribution in [2.24, 2.45) is 5.41 Å². The molecule has 1 aliphatic carbocycles. The van der Waals surface area contributed by atoms with Crippen LogP contribution in [0.5, 0.6) is 5.75 Å². The van der Waals surface area contributed by atoms with E-state index in [0.29, 0.717) is 6.42 Å². The molecule has 0 unspecified atom stereocenters. The molecule has 1 fully saturated rings. The highest BCUT2D eigenvalue weighted by Gasteiger charge is 2.41. The Morgan fingerprint density at radius 2 is 1.89 bits per heavy atom. The third-order valence-corrected chi connectivity index (χ3v) is 3.95. The Labute approximate surface area is 114 Å². The van der Waals surface area contributed by atoms with Crippen LogP contribution in [0, 0.1) is 5.41 Å². The van der Waals surface area contributed by atoms with E-state index in [2.05, 4.69) is 6.92 Å². The molecule has 104 valence electrons. The van der Waals surface area contributed by atoms with Crippen molar-refractivity contribution in [2.45, 2.75) is 45.4 Å². The Hall–Kier alpha value is -1.51. The molecule has 0 bridgehead atoms. The van der Waals surface area contributed by atoms with Crippen LogP contribution in [0.25, 0.3) is 0 Å². The molecule has 0 atom stereocenters. The lowest BCUT2D eigenvalue weighted by Crippen LogP contribution is -2.30. The summed E-state index contributed by atoms with van der Waals surface area (Å²) in [5.41, 5.74) is 0.555. The van der Waals surface area contributed by atoms with Gasteiger partial charge in [-0.15, -0.1) is 0 Å². The summed E-state index contributed by atoms with van der Waals surface area (Å²) in [6.07, 6.45) is 5.29. The minimum absolute atomic E-state index is 0.536. The SMILES string of the molecule is CCCOc1ccc(CC2(C(=O)O)CCCC2)cc1. The molecule has 2 rings (SSSR count). The van der Waals surface area contributed by atoms with E-state index in [9.17, 15) is 9.90 Å². The second kappa shape index (κ2) is 6.09. The van der Waals surface area contributed by atoms with Crippen molar-refractivity contribution in [1.29, 1.82) is 0 Å². The van der Waals surface area contributed by atoms with Crippen LogP contribution in [-0.2, 0) is 11.2 Å². The highest BCUT2D eigenvalue weighted by molar-refractivity contribution is 5.75. The molecule has 0 aromatic heterocycles. The second-order valence-electron chi connectivity index (χ2n) is 5.46. The fourth-order valence-corrected chi connectivity index (χ4v) is 2.83. The van der Waals surface area contributed by atoms with Crippen LogP contribution in [-0.4, -0.2) is 17.7 Å². The van der Waals surface area contributed by atoms with Gasteiger partial charge in [-0.2, -0.15) is 0 Å². The maximum atomic E-state index is 11.5. The Bertz CT molecular complexity index is 416. The minimum Gasteiger partial charge on any atom is -0.494 e. The van der Waals surface area contributed by atoms with E-state index in [1.54, 1.807) is 0 Å². The average Bonchev–Trinajstić information content (AvgIpc) is 2.88. The van der Waals surface area contributed by atoms with Crippen molar-refractivity contribution in [3.63, 3.8) is 0 Å². The molecule has 0 amide bonds. The van der Waals surface area contributed by atoms with Gasteiger partial charge in [0.25, 0.3) is 0 Å². The second-order valence-corrected chi connectivity index (χ2v) is 5.46. The van der Waals surface area contributed by atoms with Gasteiger partial charge >= 0.3 is 5.97 Å². The first-order valence-corrected chi connectivity index (χ1v) is 7.11. The Balaban J connectivity index is 2.04. The van der Waals surface area contributed by atoms with Crippen molar-refractivity contribution in [2.75, 3.05) is 6.61 Å². The lowest BCUT2D eigenvalue weighted by Gasteiger charge is -2.23. The minimum atomic E-state index is -0.642. The van der Waals surface area contributed by atoms with Gasteiger partial charge in [0.2, 0.25) is 0 Å². The van der Waals surface area contributed by atoms with Crippen LogP contribution in [0.4, 0.5) is 0 Å². The highest BCUT2D eigenvalue weighted by Crippen LogP contribution is 2.41. The number of carboxylic acid groups (broad SMARTS) is 1. The number of carbonyl (C=O) groups is 1. The van der Waals surface area contributed by atoms with Crippen molar-refractivity contribution >= 4 is 5.97 Å². The number of aliphatic carboxylic acids is 1. The lowest BCUT2D eigenvalue weighted by molar-refractivity contribution is -0.148. The zero-order chi connectivity index (χ0) is 13.7. The van der Waals surface area contributed by atoms with Gasteiger partial charge in [0, 0.05) is 0 Å². The summed E-state index contributed by atoms with van der Waals surface area (Å²) in [5.74, 6) is 0.220. The third-order valence-electron chi connectivity index (χ3n) is 3.95. The largest absolute Gasteiger partial charge is 0.494 e. The summed E-state index contributed by atoms with van der Waals surface area (Å²) >= 11 is 0. The summed E-state index contributed by atoms with van der Waals surface area (Å²) in [4.78, 5) is 11.5. The Morgan fingerprint density at radius 1 is 1.26 bits per heavy atom. The van der Waals surface area contributed by atoms with Crippen LogP contribution in [0.3, 0.4) is 0 Å². The molecule has 0 radical (unpaired) electrons. The number of hydrogen-bond acceptors (Lipinski definition) is 2. The smallest absolute Gasteiger partial charge is 0.309 e. The van der Waals surface area contributed by atoms with Crippen LogP contribution >= 0.6 is 0 Å². The first-order chi connectivity index (χ1) is 9.16. The summed E-state index contributed by atoms with van der Waals surface area (Å²) in [6.45, 7) is 2.80. The molecule has 3 heteroatoms. The van der Waals surface area contributed by atoms with Gasteiger partial charge in [-0.25, -0.2) is 0 Å². The summed E-state index contributed by atoms with van der Waals surface area (Å²) in [5, 5.41) is 9.47. The molecule has 1 saturated carbocycles. The predicted molar refractivity (Wildman–Crippen MR) is 74.5 cm³/mol. The van der Waals surface area contributed by atoms with Crippen LogP contribution < -0.4 is 4.74 Å². The standard InChI is InChI=1S/C16H22O3/c1-2-11-19-14-7-5-13(6-8-14)12-16(15(17)18)9-3-4-10-16/h5-8H,2-4,9-12H2,1H3,(H,17,18). The molecule has 1 aliphatic rings. The van der Waals surface area contributed by atoms with Crippen molar-refractivity contribution < 1.29 is 14.6 Å². The fourth-order valence-electron chi connectivity index (χ4n) is 2.83. The van der Waals surface area contributed by atoms with E-state index in [1.807, 2.05) is 24.3 Å². The van der Waals surface area contributed by atoms with Crippen molar-refractivity contribution in [1.82, 2.24) is 0 Å². The first-order valence-electron chi connectivity index (χ1n) is 7.11. The van der Waals surface area contributed by atoms with Crippen LogP contribution in [0.1, 0.15) is 44.6 Å². The van der Waals surface area contributed by atoms with E-state index in [0.717, 1.165) is 50.0 Å². The van der Waals surface area contributed by atoms with Crippen molar-refractivity contribution in [3.8, 4) is 5.75 Å². The van der Waals surface area contributed by atoms with E-state index in [4.69, 9.17) is 4.74 Å². The summed E-state index contributed by atoms with van der Waals surface area (Å²) in [6, 6.07) is 7.87. The molecular formula is C16H22O3. The monoisotopic (exact) mass is 262 g/mol. The third kappa shape index (κ3) is 3.28. The summed E-state index contributed by atoms with van der Waals surface area (Å²) < 4.78 is 5.54. The number of ether oxygens (including phenoxy) is 1. The van der Waals surface area contributed by atoms with Crippen LogP contribution in [0.15, 0.2) is 24.3 Å². The van der Waals surface area contributed by atoms with E-state index in [1.165, 1.54) is 0 Å². The molecule has 1 aromatic rings. The Morgan fingerprint density at radius 3 is 2.42 bits per heavy atom. The summed E-state index contributed by atoms with van der Waals surface area (Å²) in [7, 11) is 0. The maximum Gasteiger partial charge on any atom is 0.309 e. The first kappa shape index (κ1) is 13.9. The zero-order valence-corrected chi connectivity index (χ0v) is 11.5. The molecule has 3 nitrogen and oxygen atoms in total. The van der Waals surface area contributed by atoms with Gasteiger partial charge in [-0.3, -0.25) is 4.79 Å². The van der Waals surface area contributed by atoms with E-state index >= 15 is 0 Å². The van der Waals surface area contributed by atoms with Crippen molar-refractivity contribution in [3.05, 3.63) is 29.8 Å². The molecule has 0 spiro atoms. The lowest BCUT2D eigenvalue weighted by atomic mass is 9.80. The normalized spacial score (nSPS) is 17.3. The molecule has 19 heavy (non-hydrogen) atoms. The molecule has 1 aromatic carbocycles. The van der Waals surface area contributed by atoms with Crippen LogP contribution in [0.2, 0.25) is 0 Å². The predicted octanol–water partition coefficient (Wildman–Crippen LogP) is 3.66.